The molecular weight excluding hydrogens is 636 g/mol. The molecule has 1 saturated heterocycles. The maximum Gasteiger partial charge on any atom is 0.240 e. The molecular formula is C39H60N4O7. The lowest BCUT2D eigenvalue weighted by molar-refractivity contribution is -0.146. The summed E-state index contributed by atoms with van der Waals surface area (Å²) in [6.07, 6.45) is 1.77. The lowest BCUT2D eigenvalue weighted by atomic mass is 9.76. The van der Waals surface area contributed by atoms with E-state index in [1.54, 1.807) is 21.3 Å². The first-order valence-corrected chi connectivity index (χ1v) is 18.0. The lowest BCUT2D eigenvalue weighted by Crippen LogP contribution is -2.58. The molecule has 278 valence electrons. The van der Waals surface area contributed by atoms with Crippen LogP contribution in [0.25, 0.3) is 0 Å². The van der Waals surface area contributed by atoms with Gasteiger partial charge >= 0.3 is 0 Å². The molecule has 11 nitrogen and oxygen atoms in total. The van der Waals surface area contributed by atoms with Crippen LogP contribution in [0.3, 0.4) is 0 Å². The maximum atomic E-state index is 14.0. The average molecular weight is 697 g/mol. The van der Waals surface area contributed by atoms with Gasteiger partial charge in [-0.05, 0) is 54.0 Å². The number of anilines is 1. The first kappa shape index (κ1) is 39.6. The monoisotopic (exact) mass is 696 g/mol. The lowest BCUT2D eigenvalue weighted by Gasteiger charge is -2.47. The first-order valence-electron chi connectivity index (χ1n) is 18.0. The number of carbonyl (C=O) groups is 2. The van der Waals surface area contributed by atoms with Gasteiger partial charge in [-0.15, -0.1) is 0 Å². The van der Waals surface area contributed by atoms with Gasteiger partial charge in [0.25, 0.3) is 0 Å². The van der Waals surface area contributed by atoms with Crippen molar-refractivity contribution >= 4 is 17.5 Å². The summed E-state index contributed by atoms with van der Waals surface area (Å²) in [4.78, 5) is 31.2. The second-order valence-corrected chi connectivity index (χ2v) is 14.5. The SMILES string of the molecule is CNC(=O)C(C)(C)C[C@H]1C[C@H](c2ccc(COCCOC)cc2)[C@@H](OCc2ccc3c(c2)N(CCCOC)CCO3)CN1C(=O)C(N)C(C)C. The molecule has 0 aromatic heterocycles. The standard InChI is InChI=1S/C39H60N4O7/c1-27(2)36(40)37(44)43-24-35(50-26-29-11-14-34-33(21-29)42(16-18-49-34)15-8-17-46-6)32(22-31(43)23-39(3,4)38(45)41-5)30-12-9-28(10-13-30)25-48-20-19-47-7/h9-14,21,27,31-32,35-36H,8,15-20,22-26,40H2,1-7H3,(H,41,45)/t31-,32-,35+,36?/m1/s1. The molecule has 2 aliphatic heterocycles. The second kappa shape index (κ2) is 18.9. The van der Waals surface area contributed by atoms with E-state index in [9.17, 15) is 9.59 Å². The minimum atomic E-state index is -0.693. The molecule has 0 aliphatic carbocycles. The van der Waals surface area contributed by atoms with E-state index in [2.05, 4.69) is 46.6 Å². The van der Waals surface area contributed by atoms with Gasteiger partial charge in [0, 0.05) is 58.3 Å². The first-order chi connectivity index (χ1) is 24.0. The van der Waals surface area contributed by atoms with Gasteiger partial charge in [0.2, 0.25) is 11.8 Å². The Morgan fingerprint density at radius 2 is 1.74 bits per heavy atom. The molecule has 4 atom stereocenters. The minimum absolute atomic E-state index is 0.0187. The third-order valence-corrected chi connectivity index (χ3v) is 10.00. The number of amides is 2. The molecule has 1 fully saturated rings. The molecule has 0 spiro atoms. The highest BCUT2D eigenvalue weighted by molar-refractivity contribution is 5.83. The number of nitrogens with two attached hydrogens (primary N) is 1. The number of likely N-dealkylation sites (tertiary alicyclic amines) is 1. The number of methoxy groups -OCH3 is 2. The number of fused-ring (bicyclic) bond motifs is 1. The summed E-state index contributed by atoms with van der Waals surface area (Å²) in [5.74, 6) is 0.662. The molecule has 1 unspecified atom stereocenters. The fourth-order valence-corrected chi connectivity index (χ4v) is 6.96. The highest BCUT2D eigenvalue weighted by atomic mass is 16.5. The third-order valence-electron chi connectivity index (χ3n) is 10.00. The number of piperidine rings is 1. The van der Waals surface area contributed by atoms with Crippen molar-refractivity contribution in [3.05, 3.63) is 59.2 Å². The van der Waals surface area contributed by atoms with Gasteiger partial charge in [-0.25, -0.2) is 0 Å². The Morgan fingerprint density at radius 1 is 1.02 bits per heavy atom. The number of carbonyl (C=O) groups excluding carboxylic acids is 2. The van der Waals surface area contributed by atoms with Crippen molar-refractivity contribution in [2.45, 2.75) is 84.3 Å². The van der Waals surface area contributed by atoms with Crippen LogP contribution in [0.1, 0.15) is 69.6 Å². The molecule has 3 N–H and O–H groups in total. The van der Waals surface area contributed by atoms with Crippen LogP contribution >= 0.6 is 0 Å². The van der Waals surface area contributed by atoms with Crippen LogP contribution in [0.4, 0.5) is 5.69 Å². The zero-order chi connectivity index (χ0) is 36.3. The predicted octanol–water partition coefficient (Wildman–Crippen LogP) is 4.50. The quantitative estimate of drug-likeness (QED) is 0.217. The van der Waals surface area contributed by atoms with E-state index in [4.69, 9.17) is 29.4 Å². The van der Waals surface area contributed by atoms with Crippen LogP contribution in [0.15, 0.2) is 42.5 Å². The van der Waals surface area contributed by atoms with E-state index in [0.717, 1.165) is 47.6 Å². The zero-order valence-electron chi connectivity index (χ0n) is 31.2. The Balaban J connectivity index is 1.63. The molecule has 2 aromatic carbocycles. The van der Waals surface area contributed by atoms with Crippen LogP contribution in [0, 0.1) is 11.3 Å². The number of rotatable bonds is 18. The number of nitrogens with zero attached hydrogens (tertiary/aromatic N) is 2. The molecule has 2 heterocycles. The Labute approximate surface area is 299 Å². The van der Waals surface area contributed by atoms with E-state index in [-0.39, 0.29) is 35.8 Å². The van der Waals surface area contributed by atoms with Gasteiger partial charge in [-0.3, -0.25) is 9.59 Å². The molecule has 4 rings (SSSR count). The van der Waals surface area contributed by atoms with E-state index in [0.29, 0.717) is 59.0 Å². The van der Waals surface area contributed by atoms with Crippen molar-refractivity contribution in [2.75, 3.05) is 72.2 Å². The van der Waals surface area contributed by atoms with Gasteiger partial charge < -0.3 is 44.5 Å². The van der Waals surface area contributed by atoms with Crippen LogP contribution in [0.2, 0.25) is 0 Å². The molecule has 0 radical (unpaired) electrons. The number of benzene rings is 2. The van der Waals surface area contributed by atoms with Crippen molar-refractivity contribution < 1.29 is 33.3 Å². The predicted molar refractivity (Wildman–Crippen MR) is 195 cm³/mol. The molecule has 0 saturated carbocycles. The molecule has 0 bridgehead atoms. The molecule has 11 heteroatoms. The van der Waals surface area contributed by atoms with Crippen LogP contribution in [-0.4, -0.2) is 102 Å². The van der Waals surface area contributed by atoms with Crippen molar-refractivity contribution in [1.82, 2.24) is 10.2 Å². The van der Waals surface area contributed by atoms with E-state index < -0.39 is 11.5 Å². The Hall–Kier alpha value is -3.22. The fourth-order valence-electron chi connectivity index (χ4n) is 6.96. The topological polar surface area (TPSA) is 125 Å². The van der Waals surface area contributed by atoms with Gasteiger partial charge in [-0.1, -0.05) is 58.0 Å². The van der Waals surface area contributed by atoms with Crippen molar-refractivity contribution in [1.29, 1.82) is 0 Å². The third kappa shape index (κ3) is 10.4. The fraction of sp³-hybridized carbons (Fsp3) is 0.641. The molecule has 50 heavy (non-hydrogen) atoms. The van der Waals surface area contributed by atoms with E-state index >= 15 is 0 Å². The van der Waals surface area contributed by atoms with Gasteiger partial charge in [0.1, 0.15) is 12.4 Å². The van der Waals surface area contributed by atoms with Crippen molar-refractivity contribution in [2.24, 2.45) is 17.1 Å². The summed E-state index contributed by atoms with van der Waals surface area (Å²) in [5.41, 5.74) is 10.1. The van der Waals surface area contributed by atoms with Gasteiger partial charge in [0.15, 0.2) is 0 Å². The summed E-state index contributed by atoms with van der Waals surface area (Å²) in [5, 5.41) is 2.81. The number of ether oxygens (including phenoxy) is 5. The largest absolute Gasteiger partial charge is 0.490 e. The molecule has 2 aliphatic rings. The number of hydrogen-bond acceptors (Lipinski definition) is 9. The van der Waals surface area contributed by atoms with Gasteiger partial charge in [-0.2, -0.15) is 0 Å². The molecule has 2 amide bonds. The summed E-state index contributed by atoms with van der Waals surface area (Å²) in [6, 6.07) is 13.8. The average Bonchev–Trinajstić information content (AvgIpc) is 3.11. The second-order valence-electron chi connectivity index (χ2n) is 14.5. The van der Waals surface area contributed by atoms with Crippen LogP contribution in [-0.2, 0) is 41.8 Å². The number of hydrogen-bond donors (Lipinski definition) is 2. The zero-order valence-corrected chi connectivity index (χ0v) is 31.2. The van der Waals surface area contributed by atoms with Gasteiger partial charge in [0.05, 0.1) is 50.8 Å². The van der Waals surface area contributed by atoms with Crippen molar-refractivity contribution in [3.8, 4) is 5.75 Å². The Kier molecular flexibility index (Phi) is 14.9. The summed E-state index contributed by atoms with van der Waals surface area (Å²) in [7, 11) is 5.04. The minimum Gasteiger partial charge on any atom is -0.490 e. The summed E-state index contributed by atoms with van der Waals surface area (Å²) < 4.78 is 28.9. The van der Waals surface area contributed by atoms with E-state index in [1.807, 2.05) is 38.7 Å². The van der Waals surface area contributed by atoms with E-state index in [1.165, 1.54) is 0 Å². The summed E-state index contributed by atoms with van der Waals surface area (Å²) >= 11 is 0. The normalized spacial score (nSPS) is 20.0. The summed E-state index contributed by atoms with van der Waals surface area (Å²) in [6.45, 7) is 13.2. The molecule has 2 aromatic rings. The highest BCUT2D eigenvalue weighted by Crippen LogP contribution is 2.40. The Bertz CT molecular complexity index is 1370. The smallest absolute Gasteiger partial charge is 0.240 e. The Morgan fingerprint density at radius 3 is 2.42 bits per heavy atom. The van der Waals surface area contributed by atoms with Crippen LogP contribution < -0.4 is 20.7 Å². The maximum absolute atomic E-state index is 14.0. The highest BCUT2D eigenvalue weighted by Gasteiger charge is 2.44. The van der Waals surface area contributed by atoms with Crippen LogP contribution in [0.5, 0.6) is 5.75 Å². The van der Waals surface area contributed by atoms with Crippen molar-refractivity contribution in [3.63, 3.8) is 0 Å². The number of nitrogens with one attached hydrogen (secondary N) is 1.